The number of carbonyl (C=O) groups is 1. The number of benzene rings is 2. The van der Waals surface area contributed by atoms with Gasteiger partial charge in [0.2, 0.25) is 0 Å². The van der Waals surface area contributed by atoms with Gasteiger partial charge < -0.3 is 9.47 Å². The summed E-state index contributed by atoms with van der Waals surface area (Å²) in [4.78, 5) is 11.9. The fourth-order valence-corrected chi connectivity index (χ4v) is 1.90. The van der Waals surface area contributed by atoms with Crippen LogP contribution in [0.2, 0.25) is 0 Å². The molecule has 0 aliphatic heterocycles. The van der Waals surface area contributed by atoms with Crippen LogP contribution in [0.3, 0.4) is 0 Å². The van der Waals surface area contributed by atoms with Gasteiger partial charge in [-0.05, 0) is 31.2 Å². The van der Waals surface area contributed by atoms with Crippen LogP contribution in [0.5, 0.6) is 17.2 Å². The molecule has 2 aromatic carbocycles. The van der Waals surface area contributed by atoms with E-state index in [0.717, 1.165) is 0 Å². The van der Waals surface area contributed by atoms with Gasteiger partial charge in [-0.15, -0.1) is 0 Å². The van der Waals surface area contributed by atoms with Crippen molar-refractivity contribution in [1.82, 2.24) is 0 Å². The zero-order chi connectivity index (χ0) is 14.4. The van der Waals surface area contributed by atoms with Gasteiger partial charge in [-0.25, -0.2) is 0 Å². The van der Waals surface area contributed by atoms with E-state index in [-0.39, 0.29) is 5.78 Å². The molecule has 0 heterocycles. The Morgan fingerprint density at radius 2 is 1.50 bits per heavy atom. The lowest BCUT2D eigenvalue weighted by atomic mass is 10.1. The zero-order valence-corrected chi connectivity index (χ0v) is 11.8. The smallest absolute Gasteiger partial charge is 0.169 e. The van der Waals surface area contributed by atoms with Gasteiger partial charge in [-0.2, -0.15) is 0 Å². The molecule has 3 nitrogen and oxygen atoms in total. The number of ether oxygens (including phenoxy) is 2. The molecule has 0 bridgehead atoms. The molecule has 0 spiro atoms. The van der Waals surface area contributed by atoms with Crippen molar-refractivity contribution < 1.29 is 14.3 Å². The quantitative estimate of drug-likeness (QED) is 0.726. The van der Waals surface area contributed by atoms with Crippen LogP contribution in [0.15, 0.2) is 48.5 Å². The van der Waals surface area contributed by atoms with Crippen LogP contribution < -0.4 is 9.47 Å². The zero-order valence-electron chi connectivity index (χ0n) is 11.8. The molecule has 3 heteroatoms. The summed E-state index contributed by atoms with van der Waals surface area (Å²) in [5, 5.41) is 0. The van der Waals surface area contributed by atoms with Gasteiger partial charge in [0.05, 0.1) is 12.2 Å². The SMILES string of the molecule is CCOc1ccccc1Oc1ccccc1C(=O)CC. The normalized spacial score (nSPS) is 10.1. The Bertz CT molecular complexity index is 590. The molecule has 104 valence electrons. The summed E-state index contributed by atoms with van der Waals surface area (Å²) in [5.41, 5.74) is 0.598. The van der Waals surface area contributed by atoms with Crippen molar-refractivity contribution in [3.63, 3.8) is 0 Å². The van der Waals surface area contributed by atoms with Crippen molar-refractivity contribution >= 4 is 5.78 Å². The first-order valence-corrected chi connectivity index (χ1v) is 6.78. The molecule has 2 aromatic rings. The standard InChI is InChI=1S/C17H18O3/c1-3-14(18)13-9-5-6-10-15(13)20-17-12-8-7-11-16(17)19-4-2/h5-12H,3-4H2,1-2H3. The second-order valence-corrected chi connectivity index (χ2v) is 4.25. The average Bonchev–Trinajstić information content (AvgIpc) is 2.49. The number of rotatable bonds is 6. The second kappa shape index (κ2) is 6.75. The predicted molar refractivity (Wildman–Crippen MR) is 78.7 cm³/mol. The summed E-state index contributed by atoms with van der Waals surface area (Å²) < 4.78 is 11.4. The van der Waals surface area contributed by atoms with E-state index in [1.165, 1.54) is 0 Å². The van der Waals surface area contributed by atoms with Gasteiger partial charge in [-0.1, -0.05) is 31.2 Å². The molecule has 20 heavy (non-hydrogen) atoms. The number of hydrogen-bond acceptors (Lipinski definition) is 3. The molecule has 0 aromatic heterocycles. The van der Waals surface area contributed by atoms with Gasteiger partial charge >= 0.3 is 0 Å². The summed E-state index contributed by atoms with van der Waals surface area (Å²) in [7, 11) is 0. The third-order valence-electron chi connectivity index (χ3n) is 2.88. The highest BCUT2D eigenvalue weighted by atomic mass is 16.5. The molecule has 0 saturated heterocycles. The number of carbonyl (C=O) groups excluding carboxylic acids is 1. The van der Waals surface area contributed by atoms with E-state index in [1.54, 1.807) is 12.1 Å². The maximum atomic E-state index is 11.9. The maximum absolute atomic E-state index is 11.9. The van der Waals surface area contributed by atoms with Crippen LogP contribution >= 0.6 is 0 Å². The lowest BCUT2D eigenvalue weighted by Crippen LogP contribution is -2.01. The van der Waals surface area contributed by atoms with Crippen molar-refractivity contribution in [1.29, 1.82) is 0 Å². The summed E-state index contributed by atoms with van der Waals surface area (Å²) in [5.74, 6) is 1.92. The molecular weight excluding hydrogens is 252 g/mol. The molecule has 0 radical (unpaired) electrons. The van der Waals surface area contributed by atoms with Crippen LogP contribution in [-0.2, 0) is 0 Å². The van der Waals surface area contributed by atoms with Crippen molar-refractivity contribution in [3.05, 3.63) is 54.1 Å². The van der Waals surface area contributed by atoms with E-state index >= 15 is 0 Å². The molecule has 0 saturated carbocycles. The van der Waals surface area contributed by atoms with Gasteiger partial charge in [0, 0.05) is 6.42 Å². The Labute approximate surface area is 119 Å². The Kier molecular flexibility index (Phi) is 4.77. The van der Waals surface area contributed by atoms with Gasteiger partial charge in [0.1, 0.15) is 5.75 Å². The van der Waals surface area contributed by atoms with Crippen LogP contribution in [0.4, 0.5) is 0 Å². The van der Waals surface area contributed by atoms with Crippen molar-refractivity contribution in [2.45, 2.75) is 20.3 Å². The van der Waals surface area contributed by atoms with Crippen LogP contribution in [-0.4, -0.2) is 12.4 Å². The Morgan fingerprint density at radius 3 is 2.15 bits per heavy atom. The Hall–Kier alpha value is -2.29. The van der Waals surface area contributed by atoms with E-state index in [1.807, 2.05) is 50.2 Å². The molecule has 0 aliphatic carbocycles. The van der Waals surface area contributed by atoms with Gasteiger partial charge in [0.25, 0.3) is 0 Å². The van der Waals surface area contributed by atoms with Crippen molar-refractivity contribution in [2.24, 2.45) is 0 Å². The van der Waals surface area contributed by atoms with E-state index < -0.39 is 0 Å². The van der Waals surface area contributed by atoms with Crippen LogP contribution in [0.1, 0.15) is 30.6 Å². The summed E-state index contributed by atoms with van der Waals surface area (Å²) >= 11 is 0. The first-order valence-electron chi connectivity index (χ1n) is 6.78. The first-order chi connectivity index (χ1) is 9.76. The fourth-order valence-electron chi connectivity index (χ4n) is 1.90. The highest BCUT2D eigenvalue weighted by molar-refractivity contribution is 5.98. The minimum atomic E-state index is 0.0643. The topological polar surface area (TPSA) is 35.5 Å². The molecule has 0 fully saturated rings. The van der Waals surface area contributed by atoms with E-state index in [4.69, 9.17) is 9.47 Å². The Balaban J connectivity index is 2.33. The van der Waals surface area contributed by atoms with Crippen molar-refractivity contribution in [3.8, 4) is 17.2 Å². The van der Waals surface area contributed by atoms with Crippen LogP contribution in [0.25, 0.3) is 0 Å². The molecule has 0 atom stereocenters. The minimum Gasteiger partial charge on any atom is -0.490 e. The van der Waals surface area contributed by atoms with Crippen molar-refractivity contribution in [2.75, 3.05) is 6.61 Å². The van der Waals surface area contributed by atoms with E-state index in [2.05, 4.69) is 0 Å². The highest BCUT2D eigenvalue weighted by Gasteiger charge is 2.12. The third-order valence-corrected chi connectivity index (χ3v) is 2.88. The number of ketones is 1. The lowest BCUT2D eigenvalue weighted by Gasteiger charge is -2.13. The van der Waals surface area contributed by atoms with E-state index in [9.17, 15) is 4.79 Å². The predicted octanol–water partition coefficient (Wildman–Crippen LogP) is 4.47. The summed E-state index contributed by atoms with van der Waals surface area (Å²) in [6.07, 6.45) is 0.452. The first kappa shape index (κ1) is 14.1. The Morgan fingerprint density at radius 1 is 0.900 bits per heavy atom. The number of Topliss-reactive ketones (excluding diaryl/α,β-unsaturated/α-hetero) is 1. The minimum absolute atomic E-state index is 0.0643. The molecule has 0 unspecified atom stereocenters. The highest BCUT2D eigenvalue weighted by Crippen LogP contribution is 2.33. The maximum Gasteiger partial charge on any atom is 0.169 e. The third kappa shape index (κ3) is 3.18. The average molecular weight is 270 g/mol. The van der Waals surface area contributed by atoms with Crippen LogP contribution in [0, 0.1) is 0 Å². The molecule has 0 amide bonds. The van der Waals surface area contributed by atoms with E-state index in [0.29, 0.717) is 35.8 Å². The lowest BCUT2D eigenvalue weighted by molar-refractivity contribution is 0.0986. The fraction of sp³-hybridized carbons (Fsp3) is 0.235. The summed E-state index contributed by atoms with van der Waals surface area (Å²) in [6, 6.07) is 14.7. The second-order valence-electron chi connectivity index (χ2n) is 4.25. The molecule has 2 rings (SSSR count). The number of para-hydroxylation sites is 3. The number of hydrogen-bond donors (Lipinski definition) is 0. The molecule has 0 N–H and O–H groups in total. The molecular formula is C17H18O3. The monoisotopic (exact) mass is 270 g/mol. The largest absolute Gasteiger partial charge is 0.490 e. The van der Waals surface area contributed by atoms with Gasteiger partial charge in [-0.3, -0.25) is 4.79 Å². The summed E-state index contributed by atoms with van der Waals surface area (Å²) in [6.45, 7) is 4.33. The molecule has 0 aliphatic rings. The van der Waals surface area contributed by atoms with Gasteiger partial charge in [0.15, 0.2) is 17.3 Å².